The molecule has 1 N–H and O–H groups in total. The Morgan fingerprint density at radius 2 is 1.65 bits per heavy atom. The van der Waals surface area contributed by atoms with Crippen molar-refractivity contribution in [2.24, 2.45) is 5.92 Å². The minimum Gasteiger partial charge on any atom is -1.00 e. The minimum absolute atomic E-state index is 0. The normalized spacial score (nSPS) is 25.2. The molecule has 8 heteroatoms. The third-order valence-corrected chi connectivity index (χ3v) is 9.68. The summed E-state index contributed by atoms with van der Waals surface area (Å²) in [6.07, 6.45) is 4.16. The van der Waals surface area contributed by atoms with Crippen molar-refractivity contribution in [3.8, 4) is 0 Å². The van der Waals surface area contributed by atoms with Gasteiger partial charge in [0.1, 0.15) is 0 Å². The van der Waals surface area contributed by atoms with E-state index in [-0.39, 0.29) is 23.2 Å². The van der Waals surface area contributed by atoms with E-state index in [0.29, 0.717) is 15.7 Å². The number of carbonyl (C=O) groups excluding carboxylic acids is 1. The van der Waals surface area contributed by atoms with Crippen LogP contribution in [-0.4, -0.2) is 41.4 Å². The standard InChI is InChI=1S/C23H26NO3S3.BrH/c25-22(23(26,19-5-2-14-29-19)20-6-3-15-30-20)27-21-16-17-7-10-24(21,11-8-17)12-9-18-4-1-13-28-18;/h1-6,13-15,17,21,26H,7-12,16H2;1H/q+1;/p-1/t17?,21-,24?;/m1./s1. The first-order valence-electron chi connectivity index (χ1n) is 10.5. The maximum absolute atomic E-state index is 13.5. The van der Waals surface area contributed by atoms with Crippen molar-refractivity contribution in [1.29, 1.82) is 0 Å². The van der Waals surface area contributed by atoms with Crippen LogP contribution in [0.2, 0.25) is 0 Å². The van der Waals surface area contributed by atoms with E-state index in [1.165, 1.54) is 40.4 Å². The van der Waals surface area contributed by atoms with Crippen LogP contribution in [-0.2, 0) is 21.6 Å². The zero-order valence-corrected chi connectivity index (χ0v) is 21.1. The highest BCUT2D eigenvalue weighted by Crippen LogP contribution is 2.42. The molecule has 0 aliphatic carbocycles. The van der Waals surface area contributed by atoms with Gasteiger partial charge in [0.2, 0.25) is 11.8 Å². The summed E-state index contributed by atoms with van der Waals surface area (Å²) in [5, 5.41) is 17.5. The molecule has 0 amide bonds. The molecular formula is C23H26BrNO3S3. The van der Waals surface area contributed by atoms with Crippen LogP contribution in [0, 0.1) is 5.92 Å². The summed E-state index contributed by atoms with van der Waals surface area (Å²) in [4.78, 5) is 16.1. The van der Waals surface area contributed by atoms with Crippen molar-refractivity contribution < 1.29 is 36.1 Å². The van der Waals surface area contributed by atoms with Crippen LogP contribution in [0.3, 0.4) is 0 Å². The highest BCUT2D eigenvalue weighted by Gasteiger charge is 2.52. The second-order valence-electron chi connectivity index (χ2n) is 8.42. The molecule has 1 atom stereocenters. The van der Waals surface area contributed by atoms with E-state index < -0.39 is 11.6 Å². The topological polar surface area (TPSA) is 46.5 Å². The van der Waals surface area contributed by atoms with Crippen LogP contribution in [0.15, 0.2) is 52.5 Å². The lowest BCUT2D eigenvalue weighted by atomic mass is 9.84. The average molecular weight is 541 g/mol. The average Bonchev–Trinajstić information content (AvgIpc) is 3.56. The molecule has 3 fully saturated rings. The quantitative estimate of drug-likeness (QED) is 0.368. The van der Waals surface area contributed by atoms with E-state index in [0.717, 1.165) is 37.0 Å². The molecule has 0 saturated carbocycles. The smallest absolute Gasteiger partial charge is 0.353 e. The second-order valence-corrected chi connectivity index (χ2v) is 11.4. The molecule has 3 aromatic heterocycles. The molecule has 0 radical (unpaired) electrons. The number of fused-ring (bicyclic) bond motifs is 3. The van der Waals surface area contributed by atoms with E-state index in [9.17, 15) is 9.90 Å². The van der Waals surface area contributed by atoms with Crippen molar-refractivity contribution in [2.45, 2.75) is 37.5 Å². The van der Waals surface area contributed by atoms with Gasteiger partial charge in [0.25, 0.3) is 0 Å². The van der Waals surface area contributed by atoms with Gasteiger partial charge in [0.05, 0.1) is 29.4 Å². The van der Waals surface area contributed by atoms with Crippen LogP contribution in [0.25, 0.3) is 0 Å². The Morgan fingerprint density at radius 1 is 1.03 bits per heavy atom. The maximum Gasteiger partial charge on any atom is 0.353 e. The molecule has 0 aromatic carbocycles. The summed E-state index contributed by atoms with van der Waals surface area (Å²) in [5.41, 5.74) is -1.72. The van der Waals surface area contributed by atoms with Crippen LogP contribution < -0.4 is 17.0 Å². The van der Waals surface area contributed by atoms with Gasteiger partial charge in [0.15, 0.2) is 0 Å². The Morgan fingerprint density at radius 3 is 2.19 bits per heavy atom. The van der Waals surface area contributed by atoms with Crippen LogP contribution in [0.4, 0.5) is 0 Å². The Hall–Kier alpha value is -1.03. The third-order valence-electron chi connectivity index (χ3n) is 6.79. The molecule has 3 aliphatic heterocycles. The summed E-state index contributed by atoms with van der Waals surface area (Å²) in [7, 11) is 0. The fourth-order valence-corrected chi connectivity index (χ4v) is 7.40. The fourth-order valence-electron chi connectivity index (χ4n) is 4.98. The second kappa shape index (κ2) is 9.45. The molecule has 3 aromatic rings. The number of hydrogen-bond donors (Lipinski definition) is 1. The van der Waals surface area contributed by atoms with Crippen LogP contribution in [0.5, 0.6) is 0 Å². The predicted octanol–water partition coefficient (Wildman–Crippen LogP) is 1.85. The van der Waals surface area contributed by atoms with E-state index in [2.05, 4.69) is 17.5 Å². The zero-order valence-electron chi connectivity index (χ0n) is 17.1. The first-order chi connectivity index (χ1) is 14.6. The maximum atomic E-state index is 13.5. The largest absolute Gasteiger partial charge is 1.00 e. The van der Waals surface area contributed by atoms with Gasteiger partial charge < -0.3 is 26.8 Å². The first-order valence-corrected chi connectivity index (χ1v) is 13.1. The van der Waals surface area contributed by atoms with Crippen molar-refractivity contribution >= 4 is 40.0 Å². The van der Waals surface area contributed by atoms with Crippen molar-refractivity contribution in [3.05, 3.63) is 67.2 Å². The Bertz CT molecular complexity index is 930. The number of rotatable bonds is 7. The summed E-state index contributed by atoms with van der Waals surface area (Å²) >= 11 is 4.58. The fraction of sp³-hybridized carbons (Fsp3) is 0.435. The number of quaternary nitrogens is 1. The van der Waals surface area contributed by atoms with Gasteiger partial charge in [-0.2, -0.15) is 0 Å². The summed E-state index contributed by atoms with van der Waals surface area (Å²) in [6.45, 7) is 3.11. The van der Waals surface area contributed by atoms with E-state index >= 15 is 0 Å². The number of halogens is 1. The van der Waals surface area contributed by atoms with E-state index in [4.69, 9.17) is 4.74 Å². The van der Waals surface area contributed by atoms with Gasteiger partial charge in [0, 0.05) is 30.6 Å². The molecule has 2 bridgehead atoms. The minimum atomic E-state index is -1.72. The predicted molar refractivity (Wildman–Crippen MR) is 122 cm³/mol. The highest BCUT2D eigenvalue weighted by molar-refractivity contribution is 7.12. The molecule has 0 unspecified atom stereocenters. The third kappa shape index (κ3) is 4.30. The molecular weight excluding hydrogens is 514 g/mol. The van der Waals surface area contributed by atoms with Gasteiger partial charge in [-0.1, -0.05) is 18.2 Å². The number of carbonyl (C=O) groups is 1. The SMILES string of the molecule is O=C(O[C@@H]1CC2CC[N+]1(CCc1cccs1)CC2)C(O)(c1cccs1)c1cccs1.[Br-]. The molecule has 6 rings (SSSR count). The van der Waals surface area contributed by atoms with Crippen molar-refractivity contribution in [2.75, 3.05) is 19.6 Å². The van der Waals surface area contributed by atoms with Crippen molar-refractivity contribution in [1.82, 2.24) is 0 Å². The number of esters is 1. The molecule has 3 saturated heterocycles. The number of hydrogen-bond acceptors (Lipinski definition) is 6. The van der Waals surface area contributed by atoms with Gasteiger partial charge in [-0.05, 0) is 40.3 Å². The summed E-state index contributed by atoms with van der Waals surface area (Å²) < 4.78 is 7.05. The van der Waals surface area contributed by atoms with Gasteiger partial charge >= 0.3 is 5.97 Å². The van der Waals surface area contributed by atoms with Crippen LogP contribution >= 0.6 is 34.0 Å². The number of piperidine rings is 3. The van der Waals surface area contributed by atoms with E-state index in [1.54, 1.807) is 11.3 Å². The first kappa shape index (κ1) is 23.1. The van der Waals surface area contributed by atoms with Crippen molar-refractivity contribution in [3.63, 3.8) is 0 Å². The lowest BCUT2D eigenvalue weighted by molar-refractivity contribution is -0.984. The molecule has 6 heterocycles. The lowest BCUT2D eigenvalue weighted by Gasteiger charge is -2.53. The molecule has 3 aliphatic rings. The summed E-state index contributed by atoms with van der Waals surface area (Å²) in [6, 6.07) is 11.7. The zero-order chi connectivity index (χ0) is 20.6. The van der Waals surface area contributed by atoms with Gasteiger partial charge in [-0.3, -0.25) is 4.48 Å². The Balaban J connectivity index is 0.00000231. The lowest BCUT2D eigenvalue weighted by Crippen LogP contribution is -3.00. The van der Waals surface area contributed by atoms with E-state index in [1.807, 2.05) is 35.0 Å². The summed E-state index contributed by atoms with van der Waals surface area (Å²) in [5.74, 6) is 0.0969. The number of aliphatic hydroxyl groups is 1. The van der Waals surface area contributed by atoms with Gasteiger partial charge in [-0.25, -0.2) is 4.79 Å². The molecule has 0 spiro atoms. The number of nitrogens with zero attached hydrogens (tertiary/aromatic N) is 1. The Kier molecular flexibility index (Phi) is 7.05. The monoisotopic (exact) mass is 539 g/mol. The highest BCUT2D eigenvalue weighted by atomic mass is 79.9. The molecule has 4 nitrogen and oxygen atoms in total. The molecule has 31 heavy (non-hydrogen) atoms. The molecule has 166 valence electrons. The number of ether oxygens (including phenoxy) is 1. The van der Waals surface area contributed by atoms with Gasteiger partial charge in [-0.15, -0.1) is 34.0 Å². The number of thiophene rings is 3. The Labute approximate surface area is 205 Å². The van der Waals surface area contributed by atoms with Crippen LogP contribution in [0.1, 0.15) is 33.9 Å².